The Morgan fingerprint density at radius 2 is 2.00 bits per heavy atom. The Labute approximate surface area is 172 Å². The average Bonchev–Trinajstić information content (AvgIpc) is 3.25. The van der Waals surface area contributed by atoms with Crippen molar-refractivity contribution in [2.75, 3.05) is 10.6 Å². The molecule has 0 unspecified atom stereocenters. The number of carbonyl (C=O) groups is 1. The van der Waals surface area contributed by atoms with Crippen LogP contribution in [0, 0.1) is 0 Å². The molecule has 2 aromatic carbocycles. The zero-order valence-corrected chi connectivity index (χ0v) is 16.6. The first-order valence-corrected chi connectivity index (χ1v) is 9.60. The number of hydrogen-bond acceptors (Lipinski definition) is 6. The number of aromatic amines is 1. The van der Waals surface area contributed by atoms with E-state index < -0.39 is 17.8 Å². The summed E-state index contributed by atoms with van der Waals surface area (Å²) in [6.45, 7) is 3.22. The summed E-state index contributed by atoms with van der Waals surface area (Å²) >= 11 is 1.32. The second kappa shape index (κ2) is 7.17. The molecule has 0 aliphatic carbocycles. The van der Waals surface area contributed by atoms with Crippen LogP contribution in [0.15, 0.2) is 42.6 Å². The highest BCUT2D eigenvalue weighted by Gasteiger charge is 2.32. The fourth-order valence-corrected chi connectivity index (χ4v) is 3.87. The van der Waals surface area contributed by atoms with Gasteiger partial charge in [0.05, 0.1) is 21.9 Å². The van der Waals surface area contributed by atoms with E-state index in [1.165, 1.54) is 29.5 Å². The van der Waals surface area contributed by atoms with Crippen LogP contribution in [-0.4, -0.2) is 33.0 Å². The van der Waals surface area contributed by atoms with E-state index in [-0.39, 0.29) is 5.75 Å². The van der Waals surface area contributed by atoms with Gasteiger partial charge in [0.2, 0.25) is 0 Å². The van der Waals surface area contributed by atoms with Crippen molar-refractivity contribution in [2.24, 2.45) is 0 Å². The molecule has 2 aromatic heterocycles. The molecule has 0 saturated carbocycles. The fraction of sp³-hybridized carbons (Fsp3) is 0.211. The summed E-state index contributed by atoms with van der Waals surface area (Å²) < 4.78 is 42.1. The van der Waals surface area contributed by atoms with Crippen LogP contribution in [-0.2, 0) is 4.79 Å². The third kappa shape index (κ3) is 4.15. The van der Waals surface area contributed by atoms with Gasteiger partial charge in [-0.2, -0.15) is 5.10 Å². The molecule has 0 aliphatic rings. The van der Waals surface area contributed by atoms with Crippen molar-refractivity contribution in [1.29, 1.82) is 0 Å². The SMILES string of the molecule is CC(C)(Nc1cccc(OC(F)(F)F)c1)C(=O)Nc1nc2ccc3[nH]ncc3c2s1. The average molecular weight is 435 g/mol. The number of alkyl halides is 3. The molecule has 0 spiro atoms. The van der Waals surface area contributed by atoms with Gasteiger partial charge in [0.15, 0.2) is 5.13 Å². The van der Waals surface area contributed by atoms with Gasteiger partial charge in [-0.1, -0.05) is 17.4 Å². The number of benzene rings is 2. The summed E-state index contributed by atoms with van der Waals surface area (Å²) in [5, 5.41) is 13.9. The number of nitrogens with zero attached hydrogens (tertiary/aromatic N) is 2. The Morgan fingerprint density at radius 1 is 1.20 bits per heavy atom. The number of H-pyrrole nitrogens is 1. The Morgan fingerprint density at radius 3 is 2.77 bits per heavy atom. The summed E-state index contributed by atoms with van der Waals surface area (Å²) in [6, 6.07) is 9.00. The molecule has 2 heterocycles. The predicted molar refractivity (Wildman–Crippen MR) is 109 cm³/mol. The molecule has 0 aliphatic heterocycles. The molecule has 0 bridgehead atoms. The van der Waals surface area contributed by atoms with Crippen molar-refractivity contribution in [2.45, 2.75) is 25.7 Å². The summed E-state index contributed by atoms with van der Waals surface area (Å²) in [7, 11) is 0. The topological polar surface area (TPSA) is 91.9 Å². The van der Waals surface area contributed by atoms with Crippen molar-refractivity contribution in [3.05, 3.63) is 42.6 Å². The maximum atomic E-state index is 12.8. The molecule has 156 valence electrons. The monoisotopic (exact) mass is 435 g/mol. The van der Waals surface area contributed by atoms with Gasteiger partial charge >= 0.3 is 6.36 Å². The van der Waals surface area contributed by atoms with E-state index in [9.17, 15) is 18.0 Å². The van der Waals surface area contributed by atoms with Crippen molar-refractivity contribution >= 4 is 49.2 Å². The second-order valence-electron chi connectivity index (χ2n) is 7.04. The third-order valence-corrected chi connectivity index (χ3v) is 5.31. The van der Waals surface area contributed by atoms with Gasteiger partial charge < -0.3 is 10.1 Å². The lowest BCUT2D eigenvalue weighted by Gasteiger charge is -2.26. The number of ether oxygens (including phenoxy) is 1. The van der Waals surface area contributed by atoms with Crippen LogP contribution >= 0.6 is 11.3 Å². The highest BCUT2D eigenvalue weighted by molar-refractivity contribution is 7.23. The first kappa shape index (κ1) is 20.0. The minimum Gasteiger partial charge on any atom is -0.406 e. The summed E-state index contributed by atoms with van der Waals surface area (Å²) in [4.78, 5) is 17.2. The van der Waals surface area contributed by atoms with E-state index >= 15 is 0 Å². The minimum absolute atomic E-state index is 0.307. The number of thiazole rings is 1. The van der Waals surface area contributed by atoms with Crippen LogP contribution in [0.5, 0.6) is 5.75 Å². The molecule has 4 aromatic rings. The van der Waals surface area contributed by atoms with Crippen LogP contribution in [0.4, 0.5) is 24.0 Å². The van der Waals surface area contributed by atoms with E-state index in [4.69, 9.17) is 0 Å². The maximum Gasteiger partial charge on any atom is 0.573 e. The molecule has 11 heteroatoms. The number of hydrogen-bond donors (Lipinski definition) is 3. The number of carbonyl (C=O) groups excluding carboxylic acids is 1. The second-order valence-corrected chi connectivity index (χ2v) is 8.04. The molecule has 4 rings (SSSR count). The Balaban J connectivity index is 1.51. The van der Waals surface area contributed by atoms with E-state index in [1.54, 1.807) is 26.1 Å². The number of amides is 1. The summed E-state index contributed by atoms with van der Waals surface area (Å²) in [5.74, 6) is -0.772. The van der Waals surface area contributed by atoms with Crippen molar-refractivity contribution in [3.8, 4) is 5.75 Å². The van der Waals surface area contributed by atoms with Gasteiger partial charge in [-0.15, -0.1) is 13.2 Å². The molecule has 0 radical (unpaired) electrons. The first-order chi connectivity index (χ1) is 14.1. The molecule has 30 heavy (non-hydrogen) atoms. The van der Waals surface area contributed by atoms with E-state index in [2.05, 4.69) is 30.6 Å². The highest BCUT2D eigenvalue weighted by Crippen LogP contribution is 2.32. The van der Waals surface area contributed by atoms with Gasteiger partial charge in [0.1, 0.15) is 11.3 Å². The first-order valence-electron chi connectivity index (χ1n) is 8.79. The quantitative estimate of drug-likeness (QED) is 0.415. The molecule has 7 nitrogen and oxygen atoms in total. The lowest BCUT2D eigenvalue weighted by atomic mass is 10.0. The molecule has 0 saturated heterocycles. The van der Waals surface area contributed by atoms with Crippen LogP contribution < -0.4 is 15.4 Å². The highest BCUT2D eigenvalue weighted by atomic mass is 32.1. The Kier molecular flexibility index (Phi) is 4.77. The molecule has 0 fully saturated rings. The smallest absolute Gasteiger partial charge is 0.406 e. The maximum absolute atomic E-state index is 12.8. The number of rotatable bonds is 5. The van der Waals surface area contributed by atoms with Gasteiger partial charge in [-0.05, 0) is 38.1 Å². The lowest BCUT2D eigenvalue weighted by Crippen LogP contribution is -2.44. The molecular formula is C19H16F3N5O2S. The molecular weight excluding hydrogens is 419 g/mol. The van der Waals surface area contributed by atoms with Crippen LogP contribution in [0.3, 0.4) is 0 Å². The normalized spacial score (nSPS) is 12.3. The van der Waals surface area contributed by atoms with E-state index in [0.717, 1.165) is 21.1 Å². The largest absolute Gasteiger partial charge is 0.573 e. The van der Waals surface area contributed by atoms with E-state index in [0.29, 0.717) is 10.8 Å². The zero-order chi connectivity index (χ0) is 21.5. The number of anilines is 2. The van der Waals surface area contributed by atoms with Crippen LogP contribution in [0.2, 0.25) is 0 Å². The van der Waals surface area contributed by atoms with Gasteiger partial charge in [-0.25, -0.2) is 4.98 Å². The lowest BCUT2D eigenvalue weighted by molar-refractivity contribution is -0.274. The number of fused-ring (bicyclic) bond motifs is 3. The zero-order valence-electron chi connectivity index (χ0n) is 15.8. The summed E-state index contributed by atoms with van der Waals surface area (Å²) in [5.41, 5.74) is 0.764. The molecule has 1 amide bonds. The van der Waals surface area contributed by atoms with Crippen LogP contribution in [0.1, 0.15) is 13.8 Å². The Bertz CT molecular complexity index is 1230. The fourth-order valence-electron chi connectivity index (χ4n) is 2.90. The number of halogens is 3. The molecule has 0 atom stereocenters. The number of nitrogens with one attached hydrogen (secondary N) is 3. The van der Waals surface area contributed by atoms with E-state index in [1.807, 2.05) is 12.1 Å². The molecule has 3 N–H and O–H groups in total. The standard InChI is InChI=1S/C19H16F3N5O2S/c1-18(2,26-10-4-3-5-11(8-10)29-19(20,21)22)16(28)25-17-24-14-7-6-13-12(9-23-27-13)15(14)30-17/h3-9,26H,1-2H3,(H,23,27)(H,24,25,28). The van der Waals surface area contributed by atoms with Crippen LogP contribution in [0.25, 0.3) is 21.1 Å². The summed E-state index contributed by atoms with van der Waals surface area (Å²) in [6.07, 6.45) is -3.10. The third-order valence-electron chi connectivity index (χ3n) is 4.29. The predicted octanol–water partition coefficient (Wildman–Crippen LogP) is 4.90. The van der Waals surface area contributed by atoms with Crippen molar-refractivity contribution < 1.29 is 22.7 Å². The Hall–Kier alpha value is -3.34. The van der Waals surface area contributed by atoms with Crippen molar-refractivity contribution in [1.82, 2.24) is 15.2 Å². The van der Waals surface area contributed by atoms with Gasteiger partial charge in [0, 0.05) is 17.1 Å². The van der Waals surface area contributed by atoms with Gasteiger partial charge in [-0.3, -0.25) is 15.2 Å². The van der Waals surface area contributed by atoms with Gasteiger partial charge in [0.25, 0.3) is 5.91 Å². The minimum atomic E-state index is -4.79. The number of aromatic nitrogens is 3. The van der Waals surface area contributed by atoms with Crippen molar-refractivity contribution in [3.63, 3.8) is 0 Å².